The van der Waals surface area contributed by atoms with Crippen LogP contribution < -0.4 is 0 Å². The molecule has 0 spiro atoms. The van der Waals surface area contributed by atoms with Crippen molar-refractivity contribution < 1.29 is 29.0 Å². The standard InChI is InChI=1S/C9H10O6/c1-3-7(10)14-5-6(9(12)13)15-8(11)4-2/h3-4,6H,1-2,5H2,(H,12,13). The van der Waals surface area contributed by atoms with Crippen molar-refractivity contribution in [3.8, 4) is 0 Å². The molecule has 0 aliphatic heterocycles. The predicted molar refractivity (Wildman–Crippen MR) is 48.9 cm³/mol. The smallest absolute Gasteiger partial charge is 0.348 e. The van der Waals surface area contributed by atoms with Crippen LogP contribution >= 0.6 is 0 Å². The Balaban J connectivity index is 4.22. The second kappa shape index (κ2) is 6.36. The number of carboxylic acid groups (broad SMARTS) is 1. The summed E-state index contributed by atoms with van der Waals surface area (Å²) < 4.78 is 8.80. The third-order valence-corrected chi connectivity index (χ3v) is 1.24. The minimum Gasteiger partial charge on any atom is -0.478 e. The van der Waals surface area contributed by atoms with Crippen molar-refractivity contribution >= 4 is 17.9 Å². The van der Waals surface area contributed by atoms with E-state index in [4.69, 9.17) is 5.11 Å². The van der Waals surface area contributed by atoms with Crippen LogP contribution in [0, 0.1) is 0 Å². The summed E-state index contributed by atoms with van der Waals surface area (Å²) in [5, 5.41) is 8.57. The third kappa shape index (κ3) is 5.25. The molecule has 1 atom stereocenters. The van der Waals surface area contributed by atoms with Gasteiger partial charge in [-0.15, -0.1) is 0 Å². The molecule has 0 heterocycles. The number of esters is 2. The molecule has 0 aliphatic rings. The minimum absolute atomic E-state index is 0.570. The molecule has 6 heteroatoms. The van der Waals surface area contributed by atoms with Crippen molar-refractivity contribution in [1.29, 1.82) is 0 Å². The van der Waals surface area contributed by atoms with Gasteiger partial charge in [0.25, 0.3) is 0 Å². The summed E-state index contributed by atoms with van der Waals surface area (Å²) in [6.45, 7) is 5.64. The zero-order valence-electron chi connectivity index (χ0n) is 7.84. The molecular formula is C9H10O6. The number of hydrogen-bond donors (Lipinski definition) is 1. The van der Waals surface area contributed by atoms with E-state index in [0.717, 1.165) is 12.2 Å². The van der Waals surface area contributed by atoms with E-state index in [9.17, 15) is 14.4 Å². The molecule has 15 heavy (non-hydrogen) atoms. The molecule has 1 N–H and O–H groups in total. The molecule has 0 rings (SSSR count). The first-order valence-corrected chi connectivity index (χ1v) is 3.86. The molecular weight excluding hydrogens is 204 g/mol. The first-order valence-electron chi connectivity index (χ1n) is 3.86. The number of ether oxygens (including phenoxy) is 2. The van der Waals surface area contributed by atoms with E-state index in [2.05, 4.69) is 22.6 Å². The number of carboxylic acids is 1. The Kier molecular flexibility index (Phi) is 5.47. The molecule has 0 saturated carbocycles. The normalized spacial score (nSPS) is 10.9. The van der Waals surface area contributed by atoms with Crippen LogP contribution in [-0.2, 0) is 23.9 Å². The van der Waals surface area contributed by atoms with Crippen LogP contribution in [0.15, 0.2) is 25.3 Å². The Morgan fingerprint density at radius 3 is 2.13 bits per heavy atom. The first kappa shape index (κ1) is 12.9. The average molecular weight is 214 g/mol. The molecule has 0 amide bonds. The Morgan fingerprint density at radius 2 is 1.73 bits per heavy atom. The molecule has 82 valence electrons. The number of carbonyl (C=O) groups excluding carboxylic acids is 2. The van der Waals surface area contributed by atoms with Crippen LogP contribution in [-0.4, -0.2) is 35.7 Å². The summed E-state index contributed by atoms with van der Waals surface area (Å²) in [5.41, 5.74) is 0. The summed E-state index contributed by atoms with van der Waals surface area (Å²) in [4.78, 5) is 31.8. The monoisotopic (exact) mass is 214 g/mol. The molecule has 0 bridgehead atoms. The number of rotatable bonds is 6. The SMILES string of the molecule is C=CC(=O)OCC(OC(=O)C=C)C(=O)O. The maximum Gasteiger partial charge on any atom is 0.348 e. The van der Waals surface area contributed by atoms with Gasteiger partial charge in [-0.05, 0) is 0 Å². The summed E-state index contributed by atoms with van der Waals surface area (Å²) in [7, 11) is 0. The largest absolute Gasteiger partial charge is 0.478 e. The van der Waals surface area contributed by atoms with Crippen LogP contribution in [0.3, 0.4) is 0 Å². The van der Waals surface area contributed by atoms with Gasteiger partial charge in [-0.2, -0.15) is 0 Å². The average Bonchev–Trinajstić information content (AvgIpc) is 2.22. The quantitative estimate of drug-likeness (QED) is 0.490. The lowest BCUT2D eigenvalue weighted by molar-refractivity contribution is -0.167. The van der Waals surface area contributed by atoms with E-state index in [1.54, 1.807) is 0 Å². The van der Waals surface area contributed by atoms with Gasteiger partial charge in [0.05, 0.1) is 0 Å². The van der Waals surface area contributed by atoms with E-state index in [1.807, 2.05) is 0 Å². The summed E-state index contributed by atoms with van der Waals surface area (Å²) in [5.74, 6) is -3.12. The second-order valence-corrected chi connectivity index (χ2v) is 2.30. The highest BCUT2D eigenvalue weighted by molar-refractivity contribution is 5.85. The van der Waals surface area contributed by atoms with E-state index in [-0.39, 0.29) is 0 Å². The fourth-order valence-electron chi connectivity index (χ4n) is 0.561. The van der Waals surface area contributed by atoms with Crippen LogP contribution in [0.25, 0.3) is 0 Å². The van der Waals surface area contributed by atoms with Gasteiger partial charge in [0.2, 0.25) is 6.10 Å². The van der Waals surface area contributed by atoms with Crippen LogP contribution in [0.5, 0.6) is 0 Å². The first-order chi connectivity index (χ1) is 7.01. The van der Waals surface area contributed by atoms with Crippen LogP contribution in [0.4, 0.5) is 0 Å². The van der Waals surface area contributed by atoms with Crippen molar-refractivity contribution in [2.45, 2.75) is 6.10 Å². The summed E-state index contributed by atoms with van der Waals surface area (Å²) in [6, 6.07) is 0. The number of aliphatic carboxylic acids is 1. The highest BCUT2D eigenvalue weighted by Crippen LogP contribution is 1.96. The highest BCUT2D eigenvalue weighted by atomic mass is 16.6. The van der Waals surface area contributed by atoms with E-state index >= 15 is 0 Å². The molecule has 0 fully saturated rings. The van der Waals surface area contributed by atoms with Crippen molar-refractivity contribution in [1.82, 2.24) is 0 Å². The van der Waals surface area contributed by atoms with Gasteiger partial charge in [0.15, 0.2) is 0 Å². The van der Waals surface area contributed by atoms with Gasteiger partial charge in [0, 0.05) is 12.2 Å². The molecule has 0 aromatic carbocycles. The Morgan fingerprint density at radius 1 is 1.20 bits per heavy atom. The summed E-state index contributed by atoms with van der Waals surface area (Å²) >= 11 is 0. The van der Waals surface area contributed by atoms with Crippen molar-refractivity contribution in [2.24, 2.45) is 0 Å². The maximum atomic E-state index is 10.7. The van der Waals surface area contributed by atoms with Crippen LogP contribution in [0.2, 0.25) is 0 Å². The van der Waals surface area contributed by atoms with Gasteiger partial charge in [0.1, 0.15) is 6.61 Å². The zero-order chi connectivity index (χ0) is 11.8. The molecule has 0 aliphatic carbocycles. The van der Waals surface area contributed by atoms with Crippen molar-refractivity contribution in [3.63, 3.8) is 0 Å². The molecule has 0 aromatic heterocycles. The molecule has 0 aromatic rings. The number of hydrogen-bond acceptors (Lipinski definition) is 5. The van der Waals surface area contributed by atoms with Crippen molar-refractivity contribution in [3.05, 3.63) is 25.3 Å². The van der Waals surface area contributed by atoms with Crippen molar-refractivity contribution in [2.75, 3.05) is 6.61 Å². The highest BCUT2D eigenvalue weighted by Gasteiger charge is 2.22. The van der Waals surface area contributed by atoms with E-state index < -0.39 is 30.6 Å². The third-order valence-electron chi connectivity index (χ3n) is 1.24. The van der Waals surface area contributed by atoms with Crippen LogP contribution in [0.1, 0.15) is 0 Å². The second-order valence-electron chi connectivity index (χ2n) is 2.30. The van der Waals surface area contributed by atoms with E-state index in [0.29, 0.717) is 0 Å². The van der Waals surface area contributed by atoms with E-state index in [1.165, 1.54) is 0 Å². The Bertz CT molecular complexity index is 293. The minimum atomic E-state index is -1.54. The fourth-order valence-corrected chi connectivity index (χ4v) is 0.561. The van der Waals surface area contributed by atoms with Gasteiger partial charge < -0.3 is 14.6 Å². The van der Waals surface area contributed by atoms with Gasteiger partial charge in [-0.3, -0.25) is 0 Å². The molecule has 0 radical (unpaired) electrons. The predicted octanol–water partition coefficient (Wildman–Crippen LogP) is -0.102. The summed E-state index contributed by atoms with van der Waals surface area (Å²) in [6.07, 6.45) is 0.138. The maximum absolute atomic E-state index is 10.7. The van der Waals surface area contributed by atoms with Gasteiger partial charge in [-0.25, -0.2) is 14.4 Å². The lowest BCUT2D eigenvalue weighted by Gasteiger charge is -2.11. The number of carbonyl (C=O) groups is 3. The van der Waals surface area contributed by atoms with Gasteiger partial charge >= 0.3 is 17.9 Å². The molecule has 6 nitrogen and oxygen atoms in total. The zero-order valence-corrected chi connectivity index (χ0v) is 7.84. The molecule has 1 unspecified atom stereocenters. The topological polar surface area (TPSA) is 89.9 Å². The Hall–Kier alpha value is -2.11. The molecule has 0 saturated heterocycles. The van der Waals surface area contributed by atoms with Gasteiger partial charge in [-0.1, -0.05) is 13.2 Å². The fraction of sp³-hybridized carbons (Fsp3) is 0.222. The Labute approximate surface area is 85.8 Å². The lowest BCUT2D eigenvalue weighted by Crippen LogP contribution is -2.31. The lowest BCUT2D eigenvalue weighted by atomic mass is 10.4.